The summed E-state index contributed by atoms with van der Waals surface area (Å²) in [7, 11) is 0. The van der Waals surface area contributed by atoms with E-state index in [4.69, 9.17) is 4.74 Å². The summed E-state index contributed by atoms with van der Waals surface area (Å²) in [6.45, 7) is 10.9. The first kappa shape index (κ1) is 20.6. The molecule has 0 aromatic heterocycles. The van der Waals surface area contributed by atoms with Crippen molar-refractivity contribution >= 4 is 17.5 Å². The number of fused-ring (bicyclic) bond motifs is 2. The van der Waals surface area contributed by atoms with Crippen molar-refractivity contribution in [2.24, 2.45) is 11.3 Å². The summed E-state index contributed by atoms with van der Waals surface area (Å²) >= 11 is 0. The van der Waals surface area contributed by atoms with Gasteiger partial charge in [-0.25, -0.2) is 0 Å². The minimum absolute atomic E-state index is 0.0391. The van der Waals surface area contributed by atoms with E-state index in [2.05, 4.69) is 6.58 Å². The predicted molar refractivity (Wildman–Crippen MR) is 98.4 cm³/mol. The van der Waals surface area contributed by atoms with Crippen LogP contribution in [0.25, 0.3) is 0 Å². The normalized spacial score (nSPS) is 33.0. The second kappa shape index (κ2) is 7.47. The van der Waals surface area contributed by atoms with Crippen LogP contribution in [0.3, 0.4) is 0 Å². The summed E-state index contributed by atoms with van der Waals surface area (Å²) < 4.78 is 5.34. The monoisotopic (exact) mass is 362 g/mol. The molecule has 2 bridgehead atoms. The molecule has 1 N–H and O–H groups in total. The Bertz CT molecular complexity index is 657. The van der Waals surface area contributed by atoms with E-state index in [1.54, 1.807) is 13.0 Å². The fraction of sp³-hybridized carbons (Fsp3) is 0.667. The number of allylic oxidation sites excluding steroid dienone is 1. The van der Waals surface area contributed by atoms with Gasteiger partial charge in [0.1, 0.15) is 6.10 Å². The van der Waals surface area contributed by atoms with Gasteiger partial charge in [-0.3, -0.25) is 14.4 Å². The van der Waals surface area contributed by atoms with E-state index in [-0.39, 0.29) is 24.5 Å². The number of carbonyl (C=O) groups excluding carboxylic acids is 3. The second-order valence-corrected chi connectivity index (χ2v) is 8.34. The third-order valence-electron chi connectivity index (χ3n) is 6.04. The Morgan fingerprint density at radius 3 is 2.46 bits per heavy atom. The van der Waals surface area contributed by atoms with E-state index >= 15 is 0 Å². The lowest BCUT2D eigenvalue weighted by Crippen LogP contribution is -2.62. The summed E-state index contributed by atoms with van der Waals surface area (Å²) in [5, 5.41) is 11.2. The van der Waals surface area contributed by atoms with Gasteiger partial charge in [0.05, 0.1) is 0 Å². The molecule has 0 aromatic rings. The second-order valence-electron chi connectivity index (χ2n) is 8.34. The molecule has 0 radical (unpaired) electrons. The van der Waals surface area contributed by atoms with Crippen LogP contribution in [0, 0.1) is 11.3 Å². The van der Waals surface area contributed by atoms with Crippen molar-refractivity contribution in [3.8, 4) is 0 Å². The summed E-state index contributed by atoms with van der Waals surface area (Å²) in [5.74, 6) is -1.20. The number of hydrogen-bond donors (Lipinski definition) is 1. The first-order valence-corrected chi connectivity index (χ1v) is 9.28. The maximum atomic E-state index is 13.0. The van der Waals surface area contributed by atoms with E-state index < -0.39 is 28.9 Å². The molecular weight excluding hydrogens is 332 g/mol. The number of aliphatic hydroxyl groups is 1. The van der Waals surface area contributed by atoms with E-state index in [0.29, 0.717) is 24.8 Å². The number of rotatable bonds is 1. The van der Waals surface area contributed by atoms with Crippen molar-refractivity contribution in [3.05, 3.63) is 23.8 Å². The molecule has 3 atom stereocenters. The van der Waals surface area contributed by atoms with Gasteiger partial charge in [-0.1, -0.05) is 31.6 Å². The van der Waals surface area contributed by atoms with Gasteiger partial charge in [0.2, 0.25) is 0 Å². The van der Waals surface area contributed by atoms with Crippen LogP contribution >= 0.6 is 0 Å². The molecule has 5 nitrogen and oxygen atoms in total. The fourth-order valence-electron chi connectivity index (χ4n) is 4.39. The van der Waals surface area contributed by atoms with Crippen molar-refractivity contribution in [3.63, 3.8) is 0 Å². The van der Waals surface area contributed by atoms with Crippen LogP contribution in [0.15, 0.2) is 23.8 Å². The van der Waals surface area contributed by atoms with Gasteiger partial charge in [0.15, 0.2) is 17.2 Å². The molecule has 144 valence electrons. The lowest BCUT2D eigenvalue weighted by molar-refractivity contribution is -0.175. The molecule has 0 amide bonds. The number of carbonyl (C=O) groups is 3. The van der Waals surface area contributed by atoms with Crippen LogP contribution in [-0.4, -0.2) is 34.3 Å². The van der Waals surface area contributed by atoms with Crippen LogP contribution in [-0.2, 0) is 19.1 Å². The van der Waals surface area contributed by atoms with Gasteiger partial charge in [-0.2, -0.15) is 0 Å². The van der Waals surface area contributed by atoms with Gasteiger partial charge in [-0.05, 0) is 38.2 Å². The molecule has 2 rings (SSSR count). The molecule has 0 spiro atoms. The maximum absolute atomic E-state index is 13.0. The van der Waals surface area contributed by atoms with E-state index in [1.807, 2.05) is 13.8 Å². The van der Waals surface area contributed by atoms with E-state index in [0.717, 1.165) is 12.0 Å². The molecule has 5 heteroatoms. The largest absolute Gasteiger partial charge is 0.458 e. The highest BCUT2D eigenvalue weighted by Gasteiger charge is 2.59. The third-order valence-corrected chi connectivity index (χ3v) is 6.04. The fourth-order valence-corrected chi connectivity index (χ4v) is 4.39. The Balaban J connectivity index is 2.44. The van der Waals surface area contributed by atoms with Gasteiger partial charge in [-0.15, -0.1) is 0 Å². The van der Waals surface area contributed by atoms with Crippen molar-refractivity contribution in [1.29, 1.82) is 0 Å². The molecule has 0 heterocycles. The zero-order valence-electron chi connectivity index (χ0n) is 16.3. The van der Waals surface area contributed by atoms with Gasteiger partial charge < -0.3 is 9.84 Å². The minimum Gasteiger partial charge on any atom is -0.458 e. The van der Waals surface area contributed by atoms with Crippen LogP contribution in [0.2, 0.25) is 0 Å². The average Bonchev–Trinajstić information content (AvgIpc) is 2.50. The molecule has 1 saturated carbocycles. The number of esters is 1. The van der Waals surface area contributed by atoms with Crippen LogP contribution < -0.4 is 0 Å². The standard InChI is InChI=1S/C21H30O5/c1-13-6-7-16-8-9-18(23)21(25,20(16,4)5)19(24)12-14(2)11-17(10-13)26-15(3)22/h11,16-17,25H,1,6-10,12H2,2-5H3. The molecular formula is C21H30O5. The summed E-state index contributed by atoms with van der Waals surface area (Å²) in [5.41, 5.74) is -1.16. The Morgan fingerprint density at radius 1 is 1.23 bits per heavy atom. The van der Waals surface area contributed by atoms with Crippen molar-refractivity contribution in [2.45, 2.75) is 77.9 Å². The van der Waals surface area contributed by atoms with Crippen molar-refractivity contribution < 1.29 is 24.2 Å². The van der Waals surface area contributed by atoms with Crippen molar-refractivity contribution in [2.75, 3.05) is 0 Å². The quantitative estimate of drug-likeness (QED) is 0.440. The SMILES string of the molecule is C=C1CCC2CCC(=O)C(O)(C(=O)CC(C)=CC(OC(C)=O)C1)C2(C)C. The lowest BCUT2D eigenvalue weighted by Gasteiger charge is -2.49. The summed E-state index contributed by atoms with van der Waals surface area (Å²) in [6.07, 6.45) is 4.06. The number of Topliss-reactive ketones (excluding diaryl/α,β-unsaturated/α-hetero) is 2. The molecule has 2 aliphatic rings. The molecule has 0 saturated heterocycles. The van der Waals surface area contributed by atoms with Gasteiger partial charge in [0, 0.05) is 31.6 Å². The van der Waals surface area contributed by atoms with E-state index in [1.165, 1.54) is 6.92 Å². The molecule has 3 unspecified atom stereocenters. The minimum atomic E-state index is -1.97. The maximum Gasteiger partial charge on any atom is 0.303 e. The number of hydrogen-bond acceptors (Lipinski definition) is 5. The zero-order chi connectivity index (χ0) is 19.7. The third kappa shape index (κ3) is 3.83. The van der Waals surface area contributed by atoms with Gasteiger partial charge >= 0.3 is 5.97 Å². The van der Waals surface area contributed by atoms with Crippen molar-refractivity contribution in [1.82, 2.24) is 0 Å². The first-order chi connectivity index (χ1) is 12.0. The molecule has 1 fully saturated rings. The highest BCUT2D eigenvalue weighted by Crippen LogP contribution is 2.49. The van der Waals surface area contributed by atoms with Gasteiger partial charge in [0.25, 0.3) is 0 Å². The number of ketones is 2. The Labute approximate surface area is 155 Å². The average molecular weight is 362 g/mol. The predicted octanol–water partition coefficient (Wildman–Crippen LogP) is 3.30. The van der Waals surface area contributed by atoms with Crippen LogP contribution in [0.5, 0.6) is 0 Å². The smallest absolute Gasteiger partial charge is 0.303 e. The Kier molecular flexibility index (Phi) is 5.91. The van der Waals surface area contributed by atoms with Crippen LogP contribution in [0.1, 0.15) is 66.2 Å². The Hall–Kier alpha value is -1.75. The molecule has 0 aliphatic heterocycles. The number of ether oxygens (including phenoxy) is 1. The summed E-state index contributed by atoms with van der Waals surface area (Å²) in [6, 6.07) is 0. The topological polar surface area (TPSA) is 80.7 Å². The lowest BCUT2D eigenvalue weighted by atomic mass is 9.56. The highest BCUT2D eigenvalue weighted by molar-refractivity contribution is 6.12. The first-order valence-electron chi connectivity index (χ1n) is 9.28. The molecule has 0 aromatic carbocycles. The summed E-state index contributed by atoms with van der Waals surface area (Å²) in [4.78, 5) is 36.9. The molecule has 2 aliphatic carbocycles. The Morgan fingerprint density at radius 2 is 1.85 bits per heavy atom. The molecule has 26 heavy (non-hydrogen) atoms. The van der Waals surface area contributed by atoms with E-state index in [9.17, 15) is 19.5 Å². The highest BCUT2D eigenvalue weighted by atomic mass is 16.5. The van der Waals surface area contributed by atoms with Crippen LogP contribution in [0.4, 0.5) is 0 Å². The zero-order valence-corrected chi connectivity index (χ0v) is 16.3.